The second-order valence-electron chi connectivity index (χ2n) is 6.50. The second-order valence-corrected chi connectivity index (χ2v) is 6.50. The topological polar surface area (TPSA) is 67.3 Å². The van der Waals surface area contributed by atoms with Gasteiger partial charge in [0.15, 0.2) is 0 Å². The number of hydrogen-bond acceptors (Lipinski definition) is 5. The third-order valence-corrected chi connectivity index (χ3v) is 3.55. The van der Waals surface area contributed by atoms with E-state index in [0.717, 1.165) is 36.6 Å². The Morgan fingerprint density at radius 2 is 2.10 bits per heavy atom. The molecule has 0 amide bonds. The van der Waals surface area contributed by atoms with Crippen LogP contribution in [0.2, 0.25) is 0 Å². The average molecular weight is 279 g/mol. The van der Waals surface area contributed by atoms with E-state index in [2.05, 4.69) is 36.1 Å². The largest absolute Gasteiger partial charge is 0.391 e. The summed E-state index contributed by atoms with van der Waals surface area (Å²) in [6, 6.07) is 2.00. The Morgan fingerprint density at radius 3 is 2.65 bits per heavy atom. The van der Waals surface area contributed by atoms with Gasteiger partial charge in [0.1, 0.15) is 11.6 Å². The van der Waals surface area contributed by atoms with E-state index >= 15 is 0 Å². The summed E-state index contributed by atoms with van der Waals surface area (Å²) in [5.74, 6) is 1.57. The Bertz CT molecular complexity index is 457. The number of aliphatic hydroxyl groups is 1. The van der Waals surface area contributed by atoms with Crippen LogP contribution in [-0.4, -0.2) is 34.3 Å². The van der Waals surface area contributed by atoms with Crippen LogP contribution >= 0.6 is 0 Å². The second kappa shape index (κ2) is 6.06. The molecule has 1 aliphatic carbocycles. The molecule has 0 radical (unpaired) electrons. The van der Waals surface area contributed by atoms with Crippen LogP contribution in [0.3, 0.4) is 0 Å². The van der Waals surface area contributed by atoms with Crippen molar-refractivity contribution in [2.24, 2.45) is 0 Å². The van der Waals surface area contributed by atoms with Crippen LogP contribution < -0.4 is 5.32 Å². The minimum absolute atomic E-state index is 0.0908. The summed E-state index contributed by atoms with van der Waals surface area (Å²) in [4.78, 5) is 9.15. The van der Waals surface area contributed by atoms with Gasteiger partial charge in [0.25, 0.3) is 0 Å². The summed E-state index contributed by atoms with van der Waals surface area (Å²) in [7, 11) is 1.66. The predicted octanol–water partition coefficient (Wildman–Crippen LogP) is 2.25. The number of aromatic nitrogens is 2. The maximum absolute atomic E-state index is 9.92. The number of nitrogens with zero attached hydrogens (tertiary/aromatic N) is 2. The minimum Gasteiger partial charge on any atom is -0.391 e. The first kappa shape index (κ1) is 15.2. The Hall–Kier alpha value is -1.20. The van der Waals surface area contributed by atoms with Gasteiger partial charge in [-0.2, -0.15) is 0 Å². The number of anilines is 1. The standard InChI is InChI=1S/C15H25N3O2/c1-15(2,3)14-16-10(9-20-4)8-13(18-14)17-11-6-5-7-12(11)19/h8,11-12,19H,5-7,9H2,1-4H3,(H,16,17,18). The van der Waals surface area contributed by atoms with Crippen molar-refractivity contribution in [2.45, 2.75) is 64.2 Å². The fourth-order valence-electron chi connectivity index (χ4n) is 2.43. The molecule has 1 saturated carbocycles. The Labute approximate surface area is 120 Å². The summed E-state index contributed by atoms with van der Waals surface area (Å²) in [5, 5.41) is 13.3. The summed E-state index contributed by atoms with van der Waals surface area (Å²) in [5.41, 5.74) is 0.747. The number of hydrogen-bond donors (Lipinski definition) is 2. The van der Waals surface area contributed by atoms with Crippen molar-refractivity contribution in [3.05, 3.63) is 17.6 Å². The molecule has 2 atom stereocenters. The molecule has 1 aliphatic rings. The van der Waals surface area contributed by atoms with Crippen molar-refractivity contribution < 1.29 is 9.84 Å². The van der Waals surface area contributed by atoms with E-state index in [9.17, 15) is 5.11 Å². The van der Waals surface area contributed by atoms with Crippen LogP contribution in [0, 0.1) is 0 Å². The van der Waals surface area contributed by atoms with Crippen molar-refractivity contribution in [1.29, 1.82) is 0 Å². The Morgan fingerprint density at radius 1 is 1.35 bits per heavy atom. The molecule has 20 heavy (non-hydrogen) atoms. The van der Waals surface area contributed by atoms with E-state index in [1.165, 1.54) is 0 Å². The highest BCUT2D eigenvalue weighted by Crippen LogP contribution is 2.25. The first-order chi connectivity index (χ1) is 9.40. The molecule has 0 bridgehead atoms. The normalized spacial score (nSPS) is 23.1. The van der Waals surface area contributed by atoms with E-state index < -0.39 is 0 Å². The quantitative estimate of drug-likeness (QED) is 0.885. The number of methoxy groups -OCH3 is 1. The smallest absolute Gasteiger partial charge is 0.136 e. The lowest BCUT2D eigenvalue weighted by atomic mass is 9.95. The first-order valence-corrected chi connectivity index (χ1v) is 7.22. The number of rotatable bonds is 4. The van der Waals surface area contributed by atoms with Crippen molar-refractivity contribution >= 4 is 5.82 Å². The highest BCUT2D eigenvalue weighted by atomic mass is 16.5. The van der Waals surface area contributed by atoms with Gasteiger partial charge in [-0.05, 0) is 19.3 Å². The van der Waals surface area contributed by atoms with Gasteiger partial charge in [0, 0.05) is 18.6 Å². The summed E-state index contributed by atoms with van der Waals surface area (Å²) in [6.45, 7) is 6.74. The molecule has 112 valence electrons. The third kappa shape index (κ3) is 3.67. The molecule has 1 aromatic heterocycles. The number of ether oxygens (including phenoxy) is 1. The van der Waals surface area contributed by atoms with Gasteiger partial charge in [-0.1, -0.05) is 20.8 Å². The summed E-state index contributed by atoms with van der Waals surface area (Å²) in [6.07, 6.45) is 2.62. The molecular formula is C15H25N3O2. The molecule has 2 N–H and O–H groups in total. The van der Waals surface area contributed by atoms with Crippen molar-refractivity contribution in [2.75, 3.05) is 12.4 Å². The average Bonchev–Trinajstić information content (AvgIpc) is 2.74. The SMILES string of the molecule is COCc1cc(NC2CCCC2O)nc(C(C)(C)C)n1. The molecule has 1 aromatic rings. The molecule has 5 nitrogen and oxygen atoms in total. The minimum atomic E-state index is -0.283. The van der Waals surface area contributed by atoms with Gasteiger partial charge >= 0.3 is 0 Å². The van der Waals surface area contributed by atoms with Crippen LogP contribution in [0.25, 0.3) is 0 Å². The van der Waals surface area contributed by atoms with E-state index in [-0.39, 0.29) is 17.6 Å². The fraction of sp³-hybridized carbons (Fsp3) is 0.733. The van der Waals surface area contributed by atoms with Gasteiger partial charge in [0.05, 0.1) is 24.4 Å². The Balaban J connectivity index is 2.24. The fourth-order valence-corrected chi connectivity index (χ4v) is 2.43. The molecule has 0 spiro atoms. The summed E-state index contributed by atoms with van der Waals surface area (Å²) < 4.78 is 5.17. The number of aliphatic hydroxyl groups excluding tert-OH is 1. The zero-order chi connectivity index (χ0) is 14.8. The Kier molecular flexibility index (Phi) is 4.60. The molecule has 1 fully saturated rings. The first-order valence-electron chi connectivity index (χ1n) is 7.22. The molecular weight excluding hydrogens is 254 g/mol. The predicted molar refractivity (Wildman–Crippen MR) is 78.7 cm³/mol. The third-order valence-electron chi connectivity index (χ3n) is 3.55. The number of nitrogens with one attached hydrogen (secondary N) is 1. The van der Waals surface area contributed by atoms with E-state index in [1.54, 1.807) is 7.11 Å². The maximum Gasteiger partial charge on any atom is 0.136 e. The van der Waals surface area contributed by atoms with Crippen LogP contribution in [-0.2, 0) is 16.8 Å². The lowest BCUT2D eigenvalue weighted by Crippen LogP contribution is -2.29. The van der Waals surface area contributed by atoms with Crippen LogP contribution in [0.15, 0.2) is 6.07 Å². The molecule has 0 aliphatic heterocycles. The zero-order valence-corrected chi connectivity index (χ0v) is 12.8. The van der Waals surface area contributed by atoms with E-state index in [0.29, 0.717) is 6.61 Å². The lowest BCUT2D eigenvalue weighted by molar-refractivity contribution is 0.171. The van der Waals surface area contributed by atoms with Gasteiger partial charge in [0.2, 0.25) is 0 Å². The van der Waals surface area contributed by atoms with Crippen molar-refractivity contribution in [3.8, 4) is 0 Å². The highest BCUT2D eigenvalue weighted by Gasteiger charge is 2.26. The van der Waals surface area contributed by atoms with Gasteiger partial charge in [-0.3, -0.25) is 0 Å². The van der Waals surface area contributed by atoms with Gasteiger partial charge in [-0.15, -0.1) is 0 Å². The lowest BCUT2D eigenvalue weighted by Gasteiger charge is -2.21. The zero-order valence-electron chi connectivity index (χ0n) is 12.8. The monoisotopic (exact) mass is 279 g/mol. The summed E-state index contributed by atoms with van der Waals surface area (Å²) >= 11 is 0. The van der Waals surface area contributed by atoms with Crippen molar-refractivity contribution in [1.82, 2.24) is 9.97 Å². The van der Waals surface area contributed by atoms with E-state index in [1.807, 2.05) is 6.07 Å². The van der Waals surface area contributed by atoms with Crippen LogP contribution in [0.1, 0.15) is 51.6 Å². The molecule has 2 rings (SSSR count). The van der Waals surface area contributed by atoms with Crippen molar-refractivity contribution in [3.63, 3.8) is 0 Å². The van der Waals surface area contributed by atoms with Gasteiger partial charge < -0.3 is 15.2 Å². The molecule has 5 heteroatoms. The molecule has 0 aromatic carbocycles. The van der Waals surface area contributed by atoms with Crippen LogP contribution in [0.5, 0.6) is 0 Å². The van der Waals surface area contributed by atoms with Gasteiger partial charge in [-0.25, -0.2) is 9.97 Å². The molecule has 0 saturated heterocycles. The maximum atomic E-state index is 9.92. The van der Waals surface area contributed by atoms with E-state index in [4.69, 9.17) is 4.74 Å². The molecule has 1 heterocycles. The molecule has 2 unspecified atom stereocenters. The highest BCUT2D eigenvalue weighted by molar-refractivity contribution is 5.38. The van der Waals surface area contributed by atoms with Crippen LogP contribution in [0.4, 0.5) is 5.82 Å².